The molecule has 0 unspecified atom stereocenters. The van der Waals surface area contributed by atoms with Gasteiger partial charge in [-0.25, -0.2) is 4.79 Å². The van der Waals surface area contributed by atoms with Crippen LogP contribution in [-0.4, -0.2) is 35.7 Å². The Kier molecular flexibility index (Phi) is 5.58. The largest absolute Gasteiger partial charge is 0.454 e. The van der Waals surface area contributed by atoms with Crippen LogP contribution in [0.2, 0.25) is 0 Å². The van der Waals surface area contributed by atoms with Crippen molar-refractivity contribution in [1.29, 1.82) is 0 Å². The molecule has 0 saturated heterocycles. The van der Waals surface area contributed by atoms with Crippen molar-refractivity contribution < 1.29 is 28.6 Å². The lowest BCUT2D eigenvalue weighted by molar-refractivity contribution is -0.157. The van der Waals surface area contributed by atoms with Gasteiger partial charge in [0.25, 0.3) is 11.7 Å². The third-order valence-corrected chi connectivity index (χ3v) is 6.03. The SMILES string of the molecule is CC(=O)NC1(C(=O)OCC(=O)Nc2ccc3c(c2)OC2(CCCC2)O3)CCCCC1. The lowest BCUT2D eigenvalue weighted by Crippen LogP contribution is -2.56. The van der Waals surface area contributed by atoms with Gasteiger partial charge in [-0.3, -0.25) is 9.59 Å². The van der Waals surface area contributed by atoms with Gasteiger partial charge in [-0.05, 0) is 37.8 Å². The van der Waals surface area contributed by atoms with Crippen molar-refractivity contribution in [2.75, 3.05) is 11.9 Å². The highest BCUT2D eigenvalue weighted by atomic mass is 16.7. The van der Waals surface area contributed by atoms with Gasteiger partial charge in [0.2, 0.25) is 5.91 Å². The van der Waals surface area contributed by atoms with Gasteiger partial charge >= 0.3 is 5.97 Å². The average molecular weight is 416 g/mol. The van der Waals surface area contributed by atoms with Crippen molar-refractivity contribution in [3.63, 3.8) is 0 Å². The minimum atomic E-state index is -1.03. The second-order valence-corrected chi connectivity index (χ2v) is 8.43. The van der Waals surface area contributed by atoms with Gasteiger partial charge in [-0.1, -0.05) is 19.3 Å². The first-order valence-corrected chi connectivity index (χ1v) is 10.7. The van der Waals surface area contributed by atoms with E-state index in [2.05, 4.69) is 10.6 Å². The van der Waals surface area contributed by atoms with Crippen molar-refractivity contribution in [2.24, 2.45) is 0 Å². The normalized spacial score (nSPS) is 20.6. The smallest absolute Gasteiger partial charge is 0.332 e. The molecule has 1 aromatic carbocycles. The van der Waals surface area contributed by atoms with Crippen LogP contribution in [0.25, 0.3) is 0 Å². The van der Waals surface area contributed by atoms with Crippen molar-refractivity contribution in [3.05, 3.63) is 18.2 Å². The second-order valence-electron chi connectivity index (χ2n) is 8.43. The fraction of sp³-hybridized carbons (Fsp3) is 0.591. The van der Waals surface area contributed by atoms with Crippen LogP contribution in [-0.2, 0) is 19.1 Å². The molecule has 2 N–H and O–H groups in total. The first-order valence-electron chi connectivity index (χ1n) is 10.7. The number of esters is 1. The minimum absolute atomic E-state index is 0.279. The number of ether oxygens (including phenoxy) is 3. The number of hydrogen-bond donors (Lipinski definition) is 2. The third kappa shape index (κ3) is 4.22. The monoisotopic (exact) mass is 416 g/mol. The Labute approximate surface area is 175 Å². The molecule has 1 aliphatic heterocycles. The fourth-order valence-electron chi connectivity index (χ4n) is 4.63. The van der Waals surface area contributed by atoms with Crippen molar-refractivity contribution >= 4 is 23.5 Å². The molecule has 0 aromatic heterocycles. The summed E-state index contributed by atoms with van der Waals surface area (Å²) in [4.78, 5) is 36.6. The molecule has 1 spiro atoms. The van der Waals surface area contributed by atoms with Crippen molar-refractivity contribution in [2.45, 2.75) is 76.0 Å². The first-order chi connectivity index (χ1) is 14.4. The van der Waals surface area contributed by atoms with Crippen LogP contribution < -0.4 is 20.1 Å². The highest BCUT2D eigenvalue weighted by Crippen LogP contribution is 2.47. The molecular formula is C22H28N2O6. The van der Waals surface area contributed by atoms with Crippen LogP contribution in [0.1, 0.15) is 64.7 Å². The lowest BCUT2D eigenvalue weighted by atomic mass is 9.81. The van der Waals surface area contributed by atoms with Crippen LogP contribution in [0.15, 0.2) is 18.2 Å². The molecule has 0 radical (unpaired) electrons. The number of hydrogen-bond acceptors (Lipinski definition) is 6. The molecule has 8 heteroatoms. The molecule has 1 heterocycles. The number of rotatable bonds is 5. The van der Waals surface area contributed by atoms with Gasteiger partial charge in [-0.15, -0.1) is 0 Å². The molecule has 2 fully saturated rings. The number of amides is 2. The molecule has 30 heavy (non-hydrogen) atoms. The Balaban J connectivity index is 1.33. The quantitative estimate of drug-likeness (QED) is 0.715. The third-order valence-electron chi connectivity index (χ3n) is 6.03. The second kappa shape index (κ2) is 8.16. The summed E-state index contributed by atoms with van der Waals surface area (Å²) in [5.41, 5.74) is -0.485. The van der Waals surface area contributed by atoms with Crippen LogP contribution in [0.5, 0.6) is 11.5 Å². The molecule has 0 bridgehead atoms. The molecule has 4 rings (SSSR count). The average Bonchev–Trinajstić information content (AvgIpc) is 3.31. The number of fused-ring (bicyclic) bond motifs is 1. The van der Waals surface area contributed by atoms with Crippen molar-refractivity contribution in [3.8, 4) is 11.5 Å². The highest BCUT2D eigenvalue weighted by Gasteiger charge is 2.44. The first kappa shape index (κ1) is 20.5. The predicted octanol–water partition coefficient (Wildman–Crippen LogP) is 3.05. The fourth-order valence-corrected chi connectivity index (χ4v) is 4.63. The number of anilines is 1. The summed E-state index contributed by atoms with van der Waals surface area (Å²) < 4.78 is 17.2. The maximum absolute atomic E-state index is 12.7. The van der Waals surface area contributed by atoms with Crippen LogP contribution in [0.3, 0.4) is 0 Å². The molecule has 3 aliphatic rings. The van der Waals surface area contributed by atoms with Gasteiger partial charge in [-0.2, -0.15) is 0 Å². The molecule has 2 amide bonds. The molecule has 162 valence electrons. The Morgan fingerprint density at radius 3 is 2.33 bits per heavy atom. The number of nitrogens with one attached hydrogen (secondary N) is 2. The summed E-state index contributed by atoms with van der Waals surface area (Å²) in [5, 5.41) is 5.47. The summed E-state index contributed by atoms with van der Waals surface area (Å²) in [6.07, 6.45) is 7.59. The summed E-state index contributed by atoms with van der Waals surface area (Å²) in [7, 11) is 0. The summed E-state index contributed by atoms with van der Waals surface area (Å²) in [6, 6.07) is 5.23. The van der Waals surface area contributed by atoms with Gasteiger partial charge < -0.3 is 24.8 Å². The van der Waals surface area contributed by atoms with E-state index in [-0.39, 0.29) is 5.91 Å². The predicted molar refractivity (Wildman–Crippen MR) is 108 cm³/mol. The van der Waals surface area contributed by atoms with Gasteiger partial charge in [0.05, 0.1) is 0 Å². The van der Waals surface area contributed by atoms with Crippen LogP contribution >= 0.6 is 0 Å². The number of carbonyl (C=O) groups excluding carboxylic acids is 3. The maximum Gasteiger partial charge on any atom is 0.332 e. The van der Waals surface area contributed by atoms with E-state index in [1.807, 2.05) is 0 Å². The molecule has 2 aliphatic carbocycles. The Hall–Kier alpha value is -2.77. The van der Waals surface area contributed by atoms with E-state index in [1.165, 1.54) is 6.92 Å². The topological polar surface area (TPSA) is 103 Å². The standard InChI is InChI=1S/C22H28N2O6/c1-15(25)24-21(9-3-2-4-10-21)20(27)28-14-19(26)23-16-7-8-17-18(13-16)30-22(29-17)11-5-6-12-22/h7-8,13H,2-6,9-12,14H2,1H3,(H,23,26)(H,24,25). The maximum atomic E-state index is 12.7. The zero-order valence-corrected chi connectivity index (χ0v) is 17.3. The molecule has 8 nitrogen and oxygen atoms in total. The van der Waals surface area contributed by atoms with E-state index in [0.29, 0.717) is 30.0 Å². The Bertz CT molecular complexity index is 840. The van der Waals surface area contributed by atoms with Crippen LogP contribution in [0, 0.1) is 0 Å². The van der Waals surface area contributed by atoms with E-state index < -0.39 is 29.8 Å². The van der Waals surface area contributed by atoms with E-state index in [0.717, 1.165) is 44.9 Å². The van der Waals surface area contributed by atoms with E-state index in [9.17, 15) is 14.4 Å². The van der Waals surface area contributed by atoms with Crippen molar-refractivity contribution in [1.82, 2.24) is 5.32 Å². The van der Waals surface area contributed by atoms with Gasteiger partial charge in [0.1, 0.15) is 5.54 Å². The minimum Gasteiger partial charge on any atom is -0.454 e. The molecule has 1 aromatic rings. The summed E-state index contributed by atoms with van der Waals surface area (Å²) in [6.45, 7) is 0.963. The zero-order valence-electron chi connectivity index (χ0n) is 17.3. The highest BCUT2D eigenvalue weighted by molar-refractivity contribution is 5.94. The molecule has 0 atom stereocenters. The number of carbonyl (C=O) groups is 3. The summed E-state index contributed by atoms with van der Waals surface area (Å²) >= 11 is 0. The summed E-state index contributed by atoms with van der Waals surface area (Å²) in [5.74, 6) is -0.556. The zero-order chi connectivity index (χ0) is 21.2. The molecular weight excluding hydrogens is 388 g/mol. The number of benzene rings is 1. The van der Waals surface area contributed by atoms with E-state index >= 15 is 0 Å². The lowest BCUT2D eigenvalue weighted by Gasteiger charge is -2.35. The van der Waals surface area contributed by atoms with Gasteiger partial charge in [0.15, 0.2) is 18.1 Å². The Morgan fingerprint density at radius 1 is 0.967 bits per heavy atom. The van der Waals surface area contributed by atoms with E-state index in [1.54, 1.807) is 18.2 Å². The molecule has 2 saturated carbocycles. The van der Waals surface area contributed by atoms with Gasteiger partial charge in [0, 0.05) is 31.5 Å². The van der Waals surface area contributed by atoms with Crippen LogP contribution in [0.4, 0.5) is 5.69 Å². The Morgan fingerprint density at radius 2 is 1.63 bits per heavy atom. The van der Waals surface area contributed by atoms with E-state index in [4.69, 9.17) is 14.2 Å².